The van der Waals surface area contributed by atoms with Crippen molar-refractivity contribution in [1.82, 2.24) is 0 Å². The molecule has 0 saturated heterocycles. The fraction of sp³-hybridized carbons (Fsp3) is 0.143. The number of rotatable bonds is 2. The van der Waals surface area contributed by atoms with Crippen molar-refractivity contribution in [2.75, 3.05) is 0 Å². The van der Waals surface area contributed by atoms with Crippen LogP contribution in [0.3, 0.4) is 0 Å². The van der Waals surface area contributed by atoms with E-state index in [-0.39, 0.29) is 5.56 Å². The molecule has 1 unspecified atom stereocenters. The quantitative estimate of drug-likeness (QED) is 0.508. The second-order valence-corrected chi connectivity index (χ2v) is 4.53. The summed E-state index contributed by atoms with van der Waals surface area (Å²) in [6, 6.07) is 3.96. The maximum absolute atomic E-state index is 13.7. The molecule has 1 nitrogen and oxygen atoms in total. The van der Waals surface area contributed by atoms with Gasteiger partial charge in [0, 0.05) is 0 Å². The lowest BCUT2D eigenvalue weighted by Gasteiger charge is -2.26. The highest BCUT2D eigenvalue weighted by Crippen LogP contribution is 2.36. The topological polar surface area (TPSA) is 20.2 Å². The number of aliphatic hydroxyl groups is 1. The van der Waals surface area contributed by atoms with Gasteiger partial charge in [0.2, 0.25) is 5.82 Å². The summed E-state index contributed by atoms with van der Waals surface area (Å²) in [6.45, 7) is 0.806. The minimum absolute atomic E-state index is 0.356. The SMILES string of the molecule is CC(O)(c1cccc(F)c1)c1c(F)c(F)c(F)c(F)c1F. The van der Waals surface area contributed by atoms with Gasteiger partial charge in [-0.05, 0) is 24.6 Å². The fourth-order valence-electron chi connectivity index (χ4n) is 1.97. The Morgan fingerprint density at radius 2 is 1.29 bits per heavy atom. The van der Waals surface area contributed by atoms with Gasteiger partial charge in [0.05, 0.1) is 5.56 Å². The Hall–Kier alpha value is -2.02. The van der Waals surface area contributed by atoms with Gasteiger partial charge >= 0.3 is 0 Å². The molecule has 2 aromatic rings. The standard InChI is InChI=1S/C14H8F6O/c1-14(21,6-3-2-4-7(15)5-6)8-9(16)11(18)13(20)12(19)10(8)17/h2-5,21H,1H3. The molecule has 0 aromatic heterocycles. The molecule has 0 amide bonds. The van der Waals surface area contributed by atoms with Crippen LogP contribution in [0.25, 0.3) is 0 Å². The Morgan fingerprint density at radius 1 is 0.810 bits per heavy atom. The van der Waals surface area contributed by atoms with Gasteiger partial charge < -0.3 is 5.11 Å². The third kappa shape index (κ3) is 2.37. The van der Waals surface area contributed by atoms with E-state index in [2.05, 4.69) is 0 Å². The molecule has 21 heavy (non-hydrogen) atoms. The van der Waals surface area contributed by atoms with Crippen LogP contribution in [0.5, 0.6) is 0 Å². The van der Waals surface area contributed by atoms with E-state index in [0.29, 0.717) is 0 Å². The highest BCUT2D eigenvalue weighted by atomic mass is 19.2. The monoisotopic (exact) mass is 306 g/mol. The molecule has 0 fully saturated rings. The predicted octanol–water partition coefficient (Wildman–Crippen LogP) is 3.78. The van der Waals surface area contributed by atoms with Crippen LogP contribution >= 0.6 is 0 Å². The summed E-state index contributed by atoms with van der Waals surface area (Å²) >= 11 is 0. The Kier molecular flexibility index (Phi) is 3.71. The van der Waals surface area contributed by atoms with Gasteiger partial charge in [0.15, 0.2) is 23.3 Å². The summed E-state index contributed by atoms with van der Waals surface area (Å²) in [4.78, 5) is 0. The molecule has 0 aliphatic carbocycles. The molecule has 0 aliphatic heterocycles. The maximum Gasteiger partial charge on any atom is 0.200 e. The minimum atomic E-state index is -2.61. The number of hydrogen-bond donors (Lipinski definition) is 1. The Morgan fingerprint density at radius 3 is 1.76 bits per heavy atom. The van der Waals surface area contributed by atoms with Crippen LogP contribution in [0.2, 0.25) is 0 Å². The summed E-state index contributed by atoms with van der Waals surface area (Å²) in [5, 5.41) is 10.2. The van der Waals surface area contributed by atoms with Crippen molar-refractivity contribution in [2.24, 2.45) is 0 Å². The first-order valence-corrected chi connectivity index (χ1v) is 5.68. The lowest BCUT2D eigenvalue weighted by Crippen LogP contribution is -2.28. The largest absolute Gasteiger partial charge is 0.380 e. The smallest absolute Gasteiger partial charge is 0.200 e. The van der Waals surface area contributed by atoms with Crippen molar-refractivity contribution in [3.63, 3.8) is 0 Å². The average molecular weight is 306 g/mol. The van der Waals surface area contributed by atoms with Gasteiger partial charge in [-0.3, -0.25) is 0 Å². The second-order valence-electron chi connectivity index (χ2n) is 4.53. The minimum Gasteiger partial charge on any atom is -0.380 e. The molecule has 2 aromatic carbocycles. The van der Waals surface area contributed by atoms with E-state index < -0.39 is 46.1 Å². The molecule has 7 heteroatoms. The summed E-state index contributed by atoms with van der Waals surface area (Å²) in [5.41, 5.74) is -4.40. The lowest BCUT2D eigenvalue weighted by molar-refractivity contribution is 0.0900. The van der Waals surface area contributed by atoms with Crippen molar-refractivity contribution in [2.45, 2.75) is 12.5 Å². The van der Waals surface area contributed by atoms with E-state index >= 15 is 0 Å². The van der Waals surface area contributed by atoms with Gasteiger partial charge in [0.25, 0.3) is 0 Å². The molecule has 0 radical (unpaired) electrons. The molecule has 0 aliphatic rings. The summed E-state index contributed by atoms with van der Waals surface area (Å²) < 4.78 is 79.9. The van der Waals surface area contributed by atoms with Crippen molar-refractivity contribution in [3.8, 4) is 0 Å². The second kappa shape index (κ2) is 5.07. The molecule has 1 N–H and O–H groups in total. The van der Waals surface area contributed by atoms with Crippen LogP contribution in [0.1, 0.15) is 18.1 Å². The zero-order valence-electron chi connectivity index (χ0n) is 10.5. The summed E-state index contributed by atoms with van der Waals surface area (Å²) in [5.74, 6) is -11.9. The molecule has 0 heterocycles. The highest BCUT2D eigenvalue weighted by molar-refractivity contribution is 5.38. The molecule has 0 spiro atoms. The molecule has 0 saturated carbocycles. The van der Waals surface area contributed by atoms with Crippen molar-refractivity contribution in [3.05, 3.63) is 70.3 Å². The number of benzene rings is 2. The molecular weight excluding hydrogens is 298 g/mol. The summed E-state index contributed by atoms with van der Waals surface area (Å²) in [7, 11) is 0. The zero-order chi connectivity index (χ0) is 15.9. The average Bonchev–Trinajstić information content (AvgIpc) is 2.43. The normalized spacial score (nSPS) is 14.1. The van der Waals surface area contributed by atoms with Crippen LogP contribution in [-0.2, 0) is 5.60 Å². The summed E-state index contributed by atoms with van der Waals surface area (Å²) in [6.07, 6.45) is 0. The predicted molar refractivity (Wildman–Crippen MR) is 61.3 cm³/mol. The third-order valence-corrected chi connectivity index (χ3v) is 3.08. The van der Waals surface area contributed by atoms with E-state index in [0.717, 1.165) is 31.2 Å². The number of hydrogen-bond acceptors (Lipinski definition) is 1. The van der Waals surface area contributed by atoms with Crippen molar-refractivity contribution >= 4 is 0 Å². The van der Waals surface area contributed by atoms with Crippen LogP contribution < -0.4 is 0 Å². The molecular formula is C14H8F6O. The first-order chi connectivity index (χ1) is 9.67. The zero-order valence-corrected chi connectivity index (χ0v) is 10.5. The van der Waals surface area contributed by atoms with Crippen LogP contribution in [0.15, 0.2) is 24.3 Å². The number of halogens is 6. The highest BCUT2D eigenvalue weighted by Gasteiger charge is 2.38. The molecule has 2 rings (SSSR count). The van der Waals surface area contributed by atoms with Crippen LogP contribution in [-0.4, -0.2) is 5.11 Å². The van der Waals surface area contributed by atoms with Crippen LogP contribution in [0.4, 0.5) is 26.3 Å². The van der Waals surface area contributed by atoms with Crippen molar-refractivity contribution < 1.29 is 31.4 Å². The van der Waals surface area contributed by atoms with Crippen LogP contribution in [0, 0.1) is 34.9 Å². The molecule has 1 atom stereocenters. The van der Waals surface area contributed by atoms with Gasteiger partial charge in [-0.15, -0.1) is 0 Å². The molecule has 0 bridgehead atoms. The van der Waals surface area contributed by atoms with Gasteiger partial charge in [-0.1, -0.05) is 12.1 Å². The first kappa shape index (κ1) is 15.4. The van der Waals surface area contributed by atoms with Gasteiger partial charge in [-0.25, -0.2) is 26.3 Å². The van der Waals surface area contributed by atoms with Crippen molar-refractivity contribution in [1.29, 1.82) is 0 Å². The molecule has 112 valence electrons. The van der Waals surface area contributed by atoms with E-state index in [9.17, 15) is 31.4 Å². The Bertz CT molecular complexity index is 682. The lowest BCUT2D eigenvalue weighted by atomic mass is 9.87. The first-order valence-electron chi connectivity index (χ1n) is 5.68. The van der Waals surface area contributed by atoms with Gasteiger partial charge in [-0.2, -0.15) is 0 Å². The Balaban J connectivity index is 2.77. The fourth-order valence-corrected chi connectivity index (χ4v) is 1.97. The van der Waals surface area contributed by atoms with E-state index in [1.807, 2.05) is 0 Å². The van der Waals surface area contributed by atoms with E-state index in [1.54, 1.807) is 0 Å². The van der Waals surface area contributed by atoms with E-state index in [4.69, 9.17) is 0 Å². The Labute approximate surface area is 115 Å². The van der Waals surface area contributed by atoms with Gasteiger partial charge in [0.1, 0.15) is 11.4 Å². The maximum atomic E-state index is 13.7. The van der Waals surface area contributed by atoms with E-state index in [1.165, 1.54) is 0 Å². The third-order valence-electron chi connectivity index (χ3n) is 3.08.